The Bertz CT molecular complexity index is 442. The maximum absolute atomic E-state index is 11.9. The van der Waals surface area contributed by atoms with Gasteiger partial charge in [-0.15, -0.1) is 6.58 Å². The first-order valence-corrected chi connectivity index (χ1v) is 6.19. The molecule has 1 rings (SSSR count). The summed E-state index contributed by atoms with van der Waals surface area (Å²) in [5.41, 5.74) is 0.901. The van der Waals surface area contributed by atoms with Crippen molar-refractivity contribution in [2.45, 2.75) is 25.3 Å². The molecule has 1 amide bonds. The molecule has 0 aliphatic carbocycles. The van der Waals surface area contributed by atoms with E-state index in [4.69, 9.17) is 0 Å². The quantitative estimate of drug-likeness (QED) is 0.765. The summed E-state index contributed by atoms with van der Waals surface area (Å²) in [5.74, 6) is -1.17. The Kier molecular flexibility index (Phi) is 5.79. The van der Waals surface area contributed by atoms with Crippen molar-refractivity contribution in [1.82, 2.24) is 4.90 Å². The molecule has 4 nitrogen and oxygen atoms in total. The Morgan fingerprint density at radius 1 is 1.37 bits per heavy atom. The van der Waals surface area contributed by atoms with Crippen molar-refractivity contribution < 1.29 is 14.7 Å². The number of nitrogens with zero attached hydrogens (tertiary/aromatic N) is 1. The minimum Gasteiger partial charge on any atom is -0.480 e. The van der Waals surface area contributed by atoms with E-state index in [0.29, 0.717) is 19.3 Å². The lowest BCUT2D eigenvalue weighted by atomic mass is 10.0. The second kappa shape index (κ2) is 7.36. The predicted molar refractivity (Wildman–Crippen MR) is 73.8 cm³/mol. The van der Waals surface area contributed by atoms with E-state index in [1.165, 1.54) is 11.9 Å². The van der Waals surface area contributed by atoms with Crippen LogP contribution in [0.3, 0.4) is 0 Å². The molecule has 4 heteroatoms. The van der Waals surface area contributed by atoms with Crippen LogP contribution in [0.4, 0.5) is 0 Å². The van der Waals surface area contributed by atoms with Gasteiger partial charge in [0.25, 0.3) is 0 Å². The first-order chi connectivity index (χ1) is 9.06. The van der Waals surface area contributed by atoms with Gasteiger partial charge in [-0.2, -0.15) is 0 Å². The van der Waals surface area contributed by atoms with E-state index < -0.39 is 12.0 Å². The van der Waals surface area contributed by atoms with Gasteiger partial charge in [0, 0.05) is 19.9 Å². The molecule has 0 saturated carbocycles. The zero-order valence-electron chi connectivity index (χ0n) is 11.1. The first-order valence-electron chi connectivity index (χ1n) is 6.19. The van der Waals surface area contributed by atoms with Crippen LogP contribution < -0.4 is 0 Å². The number of aliphatic carboxylic acids is 1. The Morgan fingerprint density at radius 2 is 2.00 bits per heavy atom. The summed E-state index contributed by atoms with van der Waals surface area (Å²) in [5, 5.41) is 9.27. The second-order valence-corrected chi connectivity index (χ2v) is 4.38. The second-order valence-electron chi connectivity index (χ2n) is 4.38. The Morgan fingerprint density at radius 3 is 2.53 bits per heavy atom. The van der Waals surface area contributed by atoms with Crippen molar-refractivity contribution >= 4 is 11.9 Å². The number of amides is 1. The standard InChI is InChI=1S/C15H19NO3/c1-3-4-10-14(17)16(2)13(15(18)19)11-12-8-6-5-7-9-12/h3,5-9,13H,1,4,10-11H2,2H3,(H,18,19). The normalized spacial score (nSPS) is 11.6. The summed E-state index contributed by atoms with van der Waals surface area (Å²) in [6.07, 6.45) is 2.81. The Labute approximate surface area is 113 Å². The molecule has 1 unspecified atom stereocenters. The molecular formula is C15H19NO3. The molecule has 0 heterocycles. The van der Waals surface area contributed by atoms with Gasteiger partial charge in [0.05, 0.1) is 0 Å². The number of allylic oxidation sites excluding steroid dienone is 1. The van der Waals surface area contributed by atoms with Crippen LogP contribution in [0.5, 0.6) is 0 Å². The van der Waals surface area contributed by atoms with E-state index in [1.54, 1.807) is 6.08 Å². The largest absolute Gasteiger partial charge is 0.480 e. The molecule has 0 fully saturated rings. The van der Waals surface area contributed by atoms with Crippen LogP contribution in [0.2, 0.25) is 0 Å². The fourth-order valence-corrected chi connectivity index (χ4v) is 1.80. The third-order valence-corrected chi connectivity index (χ3v) is 2.98. The summed E-state index contributed by atoms with van der Waals surface area (Å²) < 4.78 is 0. The SMILES string of the molecule is C=CCCC(=O)N(C)C(Cc1ccccc1)C(=O)O. The highest BCUT2D eigenvalue weighted by Crippen LogP contribution is 2.10. The number of likely N-dealkylation sites (N-methyl/N-ethyl adjacent to an activating group) is 1. The van der Waals surface area contributed by atoms with Crippen molar-refractivity contribution in [3.63, 3.8) is 0 Å². The van der Waals surface area contributed by atoms with Crippen LogP contribution in [-0.4, -0.2) is 35.0 Å². The molecule has 1 atom stereocenters. The molecule has 1 aromatic rings. The van der Waals surface area contributed by atoms with Gasteiger partial charge in [-0.3, -0.25) is 4.79 Å². The average Bonchev–Trinajstić information content (AvgIpc) is 2.42. The average molecular weight is 261 g/mol. The van der Waals surface area contributed by atoms with Gasteiger partial charge in [0.2, 0.25) is 5.91 Å². The summed E-state index contributed by atoms with van der Waals surface area (Å²) in [6.45, 7) is 3.55. The van der Waals surface area contributed by atoms with E-state index in [0.717, 1.165) is 5.56 Å². The van der Waals surface area contributed by atoms with E-state index in [2.05, 4.69) is 6.58 Å². The van der Waals surface area contributed by atoms with Gasteiger partial charge in [0.1, 0.15) is 6.04 Å². The van der Waals surface area contributed by atoms with Crippen LogP contribution in [-0.2, 0) is 16.0 Å². The topological polar surface area (TPSA) is 57.6 Å². The number of carbonyl (C=O) groups excluding carboxylic acids is 1. The number of rotatable bonds is 7. The number of benzene rings is 1. The predicted octanol–water partition coefficient (Wildman–Crippen LogP) is 2.11. The minimum atomic E-state index is -0.988. The third kappa shape index (κ3) is 4.58. The van der Waals surface area contributed by atoms with E-state index in [-0.39, 0.29) is 5.91 Å². The molecule has 102 valence electrons. The fraction of sp³-hybridized carbons (Fsp3) is 0.333. The van der Waals surface area contributed by atoms with Gasteiger partial charge >= 0.3 is 5.97 Å². The maximum Gasteiger partial charge on any atom is 0.326 e. The maximum atomic E-state index is 11.9. The molecular weight excluding hydrogens is 242 g/mol. The van der Waals surface area contributed by atoms with E-state index in [1.807, 2.05) is 30.3 Å². The van der Waals surface area contributed by atoms with Crippen molar-refractivity contribution in [2.75, 3.05) is 7.05 Å². The van der Waals surface area contributed by atoms with Gasteiger partial charge in [-0.25, -0.2) is 4.79 Å². The molecule has 0 aromatic heterocycles. The van der Waals surface area contributed by atoms with Crippen molar-refractivity contribution in [2.24, 2.45) is 0 Å². The molecule has 1 aromatic carbocycles. The Hall–Kier alpha value is -2.10. The third-order valence-electron chi connectivity index (χ3n) is 2.98. The fourth-order valence-electron chi connectivity index (χ4n) is 1.80. The van der Waals surface area contributed by atoms with Gasteiger partial charge in [-0.1, -0.05) is 36.4 Å². The smallest absolute Gasteiger partial charge is 0.326 e. The lowest BCUT2D eigenvalue weighted by Gasteiger charge is -2.25. The number of hydrogen-bond donors (Lipinski definition) is 1. The highest BCUT2D eigenvalue weighted by Gasteiger charge is 2.26. The molecule has 0 radical (unpaired) electrons. The number of carboxylic acids is 1. The summed E-state index contributed by atoms with van der Waals surface area (Å²) in [7, 11) is 1.53. The van der Waals surface area contributed by atoms with Crippen molar-refractivity contribution in [3.8, 4) is 0 Å². The summed E-state index contributed by atoms with van der Waals surface area (Å²) >= 11 is 0. The minimum absolute atomic E-state index is 0.178. The molecule has 1 N–H and O–H groups in total. The lowest BCUT2D eigenvalue weighted by Crippen LogP contribution is -2.43. The number of carboxylic acid groups (broad SMARTS) is 1. The number of carbonyl (C=O) groups is 2. The highest BCUT2D eigenvalue weighted by molar-refractivity contribution is 5.83. The van der Waals surface area contributed by atoms with Crippen molar-refractivity contribution in [3.05, 3.63) is 48.6 Å². The molecule has 0 bridgehead atoms. The molecule has 0 spiro atoms. The zero-order valence-corrected chi connectivity index (χ0v) is 11.1. The molecule has 0 aliphatic heterocycles. The molecule has 19 heavy (non-hydrogen) atoms. The van der Waals surface area contributed by atoms with Crippen LogP contribution in [0, 0.1) is 0 Å². The Balaban J connectivity index is 2.74. The molecule has 0 aliphatic rings. The van der Waals surface area contributed by atoms with E-state index in [9.17, 15) is 14.7 Å². The number of hydrogen-bond acceptors (Lipinski definition) is 2. The van der Waals surface area contributed by atoms with Crippen LogP contribution in [0.1, 0.15) is 18.4 Å². The molecule has 0 saturated heterocycles. The van der Waals surface area contributed by atoms with Crippen LogP contribution in [0.15, 0.2) is 43.0 Å². The summed E-state index contributed by atoms with van der Waals surface area (Å²) in [4.78, 5) is 24.5. The summed E-state index contributed by atoms with van der Waals surface area (Å²) in [6, 6.07) is 8.47. The monoisotopic (exact) mass is 261 g/mol. The highest BCUT2D eigenvalue weighted by atomic mass is 16.4. The first kappa shape index (κ1) is 15.0. The van der Waals surface area contributed by atoms with Gasteiger partial charge < -0.3 is 10.0 Å². The van der Waals surface area contributed by atoms with Gasteiger partial charge in [-0.05, 0) is 12.0 Å². The van der Waals surface area contributed by atoms with Crippen LogP contribution >= 0.6 is 0 Å². The zero-order chi connectivity index (χ0) is 14.3. The lowest BCUT2D eigenvalue weighted by molar-refractivity contribution is -0.148. The van der Waals surface area contributed by atoms with Gasteiger partial charge in [0.15, 0.2) is 0 Å². The van der Waals surface area contributed by atoms with Crippen LogP contribution in [0.25, 0.3) is 0 Å². The van der Waals surface area contributed by atoms with Crippen molar-refractivity contribution in [1.29, 1.82) is 0 Å². The van der Waals surface area contributed by atoms with E-state index >= 15 is 0 Å².